The number of aromatic nitrogens is 1. The van der Waals surface area contributed by atoms with Crippen molar-refractivity contribution in [2.75, 3.05) is 11.9 Å². The predicted molar refractivity (Wildman–Crippen MR) is 75.8 cm³/mol. The third-order valence-electron chi connectivity index (χ3n) is 3.47. The maximum atomic E-state index is 12.1. The van der Waals surface area contributed by atoms with Crippen molar-refractivity contribution in [3.63, 3.8) is 0 Å². The van der Waals surface area contributed by atoms with E-state index in [-0.39, 0.29) is 11.7 Å². The summed E-state index contributed by atoms with van der Waals surface area (Å²) < 4.78 is 9.98. The van der Waals surface area contributed by atoms with Crippen LogP contribution in [0.3, 0.4) is 0 Å². The van der Waals surface area contributed by atoms with Gasteiger partial charge in [-0.25, -0.2) is 4.79 Å². The first-order valence-electron chi connectivity index (χ1n) is 7.10. The minimum absolute atomic E-state index is 0.172. The summed E-state index contributed by atoms with van der Waals surface area (Å²) in [5.74, 6) is -0.421. The number of amides is 2. The van der Waals surface area contributed by atoms with Crippen LogP contribution in [0.5, 0.6) is 0 Å². The van der Waals surface area contributed by atoms with Gasteiger partial charge in [0.1, 0.15) is 11.8 Å². The number of hydrogen-bond acceptors (Lipinski definition) is 6. The molecule has 2 heterocycles. The van der Waals surface area contributed by atoms with Gasteiger partial charge in [-0.2, -0.15) is 0 Å². The lowest BCUT2D eigenvalue weighted by Gasteiger charge is -2.23. The fourth-order valence-electron chi connectivity index (χ4n) is 2.35. The minimum Gasteiger partial charge on any atom is -0.451 e. The smallest absolute Gasteiger partial charge is 0.329 e. The fraction of sp³-hybridized carbons (Fsp3) is 0.571. The molecule has 1 N–H and O–H groups in total. The predicted octanol–water partition coefficient (Wildman–Crippen LogP) is 0.864. The Morgan fingerprint density at radius 2 is 2.23 bits per heavy atom. The average Bonchev–Trinajstić information content (AvgIpc) is 3.07. The van der Waals surface area contributed by atoms with Gasteiger partial charge in [0.05, 0.1) is 0 Å². The van der Waals surface area contributed by atoms with Crippen LogP contribution in [-0.2, 0) is 19.1 Å². The third kappa shape index (κ3) is 3.63. The number of nitrogens with one attached hydrogen (secondary N) is 1. The van der Waals surface area contributed by atoms with Crippen molar-refractivity contribution >= 4 is 23.6 Å². The van der Waals surface area contributed by atoms with Gasteiger partial charge in [0.25, 0.3) is 5.91 Å². The zero-order valence-electron chi connectivity index (χ0n) is 12.8. The second kappa shape index (κ2) is 6.59. The highest BCUT2D eigenvalue weighted by Crippen LogP contribution is 2.19. The molecule has 2 rings (SSSR count). The topological polar surface area (TPSA) is 102 Å². The van der Waals surface area contributed by atoms with Crippen molar-refractivity contribution in [3.05, 3.63) is 11.8 Å². The summed E-state index contributed by atoms with van der Waals surface area (Å²) in [5, 5.41) is 6.12. The van der Waals surface area contributed by atoms with Gasteiger partial charge in [-0.1, -0.05) is 5.16 Å². The van der Waals surface area contributed by atoms with Crippen molar-refractivity contribution in [3.8, 4) is 0 Å². The zero-order valence-corrected chi connectivity index (χ0v) is 12.8. The van der Waals surface area contributed by atoms with Crippen LogP contribution in [0.4, 0.5) is 5.82 Å². The van der Waals surface area contributed by atoms with Gasteiger partial charge in [0, 0.05) is 19.5 Å². The Balaban J connectivity index is 1.90. The highest BCUT2D eigenvalue weighted by Gasteiger charge is 2.35. The van der Waals surface area contributed by atoms with Crippen molar-refractivity contribution in [2.24, 2.45) is 0 Å². The van der Waals surface area contributed by atoms with Crippen molar-refractivity contribution in [2.45, 2.75) is 45.8 Å². The van der Waals surface area contributed by atoms with E-state index < -0.39 is 24.0 Å². The standard InChI is InChI=1S/C14H19N3O5/c1-8-7-12(16-22-8)15-13(19)9(2)21-14(20)11-5-4-6-17(11)10(3)18/h7,9,11H,4-6H2,1-3H3,(H,15,16,19)/t9-,11+/m1/s1. The Hall–Kier alpha value is -2.38. The lowest BCUT2D eigenvalue weighted by Crippen LogP contribution is -2.42. The lowest BCUT2D eigenvalue weighted by molar-refractivity contribution is -0.159. The molecule has 2 amide bonds. The molecule has 0 unspecified atom stereocenters. The third-order valence-corrected chi connectivity index (χ3v) is 3.47. The molecule has 1 saturated heterocycles. The SMILES string of the molecule is CC(=O)N1CCC[C@H]1C(=O)O[C@H](C)C(=O)Nc1cc(C)on1. The van der Waals surface area contributed by atoms with Crippen molar-refractivity contribution < 1.29 is 23.6 Å². The second-order valence-electron chi connectivity index (χ2n) is 5.26. The van der Waals surface area contributed by atoms with Gasteiger partial charge in [-0.3, -0.25) is 9.59 Å². The molecule has 0 radical (unpaired) electrons. The summed E-state index contributed by atoms with van der Waals surface area (Å²) in [6, 6.07) is 0.947. The van der Waals surface area contributed by atoms with E-state index in [0.717, 1.165) is 6.42 Å². The quantitative estimate of drug-likeness (QED) is 0.828. The highest BCUT2D eigenvalue weighted by molar-refractivity contribution is 5.95. The molecule has 1 fully saturated rings. The van der Waals surface area contributed by atoms with E-state index in [1.54, 1.807) is 13.0 Å². The van der Waals surface area contributed by atoms with Gasteiger partial charge < -0.3 is 19.5 Å². The fourth-order valence-corrected chi connectivity index (χ4v) is 2.35. The van der Waals surface area contributed by atoms with Crippen LogP contribution in [0.15, 0.2) is 10.6 Å². The summed E-state index contributed by atoms with van der Waals surface area (Å²) in [6.45, 7) is 5.11. The van der Waals surface area contributed by atoms with Crippen LogP contribution in [0, 0.1) is 6.92 Å². The number of carbonyl (C=O) groups excluding carboxylic acids is 3. The Labute approximate surface area is 127 Å². The average molecular weight is 309 g/mol. The summed E-state index contributed by atoms with van der Waals surface area (Å²) in [7, 11) is 0. The van der Waals surface area contributed by atoms with E-state index in [1.807, 2.05) is 0 Å². The molecule has 2 atom stereocenters. The van der Waals surface area contributed by atoms with Crippen LogP contribution >= 0.6 is 0 Å². The summed E-state index contributed by atoms with van der Waals surface area (Å²) in [6.07, 6.45) is 0.312. The molecule has 0 aliphatic carbocycles. The second-order valence-corrected chi connectivity index (χ2v) is 5.26. The number of carbonyl (C=O) groups is 3. The number of esters is 1. The molecule has 8 nitrogen and oxygen atoms in total. The number of aryl methyl sites for hydroxylation is 1. The molecule has 0 aromatic carbocycles. The zero-order chi connectivity index (χ0) is 16.3. The number of nitrogens with zero attached hydrogens (tertiary/aromatic N) is 2. The first kappa shape index (κ1) is 16.0. The molecule has 0 bridgehead atoms. The summed E-state index contributed by atoms with van der Waals surface area (Å²) >= 11 is 0. The van der Waals surface area contributed by atoms with Crippen molar-refractivity contribution in [1.29, 1.82) is 0 Å². The normalized spacial score (nSPS) is 18.9. The van der Waals surface area contributed by atoms with Crippen LogP contribution in [0.2, 0.25) is 0 Å². The Morgan fingerprint density at radius 1 is 1.50 bits per heavy atom. The van der Waals surface area contributed by atoms with Crippen molar-refractivity contribution in [1.82, 2.24) is 10.1 Å². The maximum absolute atomic E-state index is 12.1. The molecule has 120 valence electrons. The first-order chi connectivity index (χ1) is 10.4. The van der Waals surface area contributed by atoms with Gasteiger partial charge in [-0.15, -0.1) is 0 Å². The van der Waals surface area contributed by atoms with Crippen LogP contribution < -0.4 is 5.32 Å². The number of ether oxygens (including phenoxy) is 1. The van der Waals surface area contributed by atoms with Gasteiger partial charge in [-0.05, 0) is 26.7 Å². The highest BCUT2D eigenvalue weighted by atomic mass is 16.5. The van der Waals surface area contributed by atoms with Crippen LogP contribution in [-0.4, -0.2) is 46.5 Å². The molecule has 1 aromatic heterocycles. The molecule has 0 saturated carbocycles. The van der Waals surface area contributed by atoms with E-state index in [9.17, 15) is 14.4 Å². The summed E-state index contributed by atoms with van der Waals surface area (Å²) in [4.78, 5) is 36.9. The number of hydrogen-bond donors (Lipinski definition) is 1. The van der Waals surface area contributed by atoms with E-state index in [4.69, 9.17) is 9.26 Å². The molecular weight excluding hydrogens is 290 g/mol. The van der Waals surface area contributed by atoms with Crippen LogP contribution in [0.1, 0.15) is 32.4 Å². The maximum Gasteiger partial charge on any atom is 0.329 e. The Morgan fingerprint density at radius 3 is 2.82 bits per heavy atom. The molecular formula is C14H19N3O5. The number of likely N-dealkylation sites (tertiary alicyclic amines) is 1. The van der Waals surface area contributed by atoms with Crippen LogP contribution in [0.25, 0.3) is 0 Å². The molecule has 1 aliphatic rings. The van der Waals surface area contributed by atoms with E-state index in [1.165, 1.54) is 18.7 Å². The number of rotatable bonds is 4. The minimum atomic E-state index is -0.987. The largest absolute Gasteiger partial charge is 0.451 e. The van der Waals surface area contributed by atoms with E-state index >= 15 is 0 Å². The molecule has 0 spiro atoms. The Kier molecular flexibility index (Phi) is 4.79. The van der Waals surface area contributed by atoms with E-state index in [0.29, 0.717) is 18.7 Å². The van der Waals surface area contributed by atoms with Gasteiger partial charge in [0.15, 0.2) is 11.9 Å². The van der Waals surface area contributed by atoms with E-state index in [2.05, 4.69) is 10.5 Å². The molecule has 22 heavy (non-hydrogen) atoms. The number of anilines is 1. The van der Waals surface area contributed by atoms with Gasteiger partial charge >= 0.3 is 5.97 Å². The lowest BCUT2D eigenvalue weighted by atomic mass is 10.2. The molecule has 1 aliphatic heterocycles. The monoisotopic (exact) mass is 309 g/mol. The molecule has 8 heteroatoms. The molecule has 1 aromatic rings. The van der Waals surface area contributed by atoms with Gasteiger partial charge in [0.2, 0.25) is 5.91 Å². The Bertz CT molecular complexity index is 583. The summed E-state index contributed by atoms with van der Waals surface area (Å²) in [5.41, 5.74) is 0. The first-order valence-corrected chi connectivity index (χ1v) is 7.10.